The number of carbonyl (C=O) groups is 1. The van der Waals surface area contributed by atoms with E-state index in [9.17, 15) is 4.79 Å². The Morgan fingerprint density at radius 2 is 1.67 bits per heavy atom. The van der Waals surface area contributed by atoms with Gasteiger partial charge in [-0.1, -0.05) is 39.0 Å². The number of aldehydes is 1. The number of rotatable bonds is 12. The maximum absolute atomic E-state index is 10.5. The zero-order valence-corrected chi connectivity index (χ0v) is 12.5. The van der Waals surface area contributed by atoms with Crippen LogP contribution in [0.3, 0.4) is 0 Å². The molecule has 18 heavy (non-hydrogen) atoms. The Bertz CT molecular complexity index is 200. The first-order chi connectivity index (χ1) is 8.64. The molecule has 0 aromatic carbocycles. The predicted molar refractivity (Wildman–Crippen MR) is 74.6 cm³/mol. The normalized spacial score (nSPS) is 13.6. The molecule has 1 unspecified atom stereocenters. The first-order valence-electron chi connectivity index (χ1n) is 7.18. The molecular formula is C15H30O3. The Balaban J connectivity index is 4.17. The van der Waals surface area contributed by atoms with E-state index in [0.29, 0.717) is 12.3 Å². The fourth-order valence-electron chi connectivity index (χ4n) is 2.35. The lowest BCUT2D eigenvalue weighted by molar-refractivity contribution is -0.229. The SMILES string of the molecule is CCCCCCCC(CCC=O)C(C)(OC)OC. The average molecular weight is 258 g/mol. The van der Waals surface area contributed by atoms with Gasteiger partial charge in [-0.25, -0.2) is 0 Å². The minimum absolute atomic E-state index is 0.291. The highest BCUT2D eigenvalue weighted by Gasteiger charge is 2.33. The molecule has 0 spiro atoms. The number of carbonyl (C=O) groups excluding carboxylic acids is 1. The van der Waals surface area contributed by atoms with Crippen molar-refractivity contribution in [2.75, 3.05) is 14.2 Å². The summed E-state index contributed by atoms with van der Waals surface area (Å²) in [5, 5.41) is 0. The molecule has 0 fully saturated rings. The fraction of sp³-hybridized carbons (Fsp3) is 0.933. The van der Waals surface area contributed by atoms with E-state index in [1.54, 1.807) is 14.2 Å². The summed E-state index contributed by atoms with van der Waals surface area (Å²) in [7, 11) is 3.35. The molecule has 0 saturated heterocycles. The van der Waals surface area contributed by atoms with E-state index in [1.807, 2.05) is 6.92 Å². The van der Waals surface area contributed by atoms with Crippen LogP contribution in [0.2, 0.25) is 0 Å². The van der Waals surface area contributed by atoms with Gasteiger partial charge in [-0.2, -0.15) is 0 Å². The van der Waals surface area contributed by atoms with E-state index >= 15 is 0 Å². The van der Waals surface area contributed by atoms with Crippen molar-refractivity contribution in [3.8, 4) is 0 Å². The molecule has 0 rings (SSSR count). The van der Waals surface area contributed by atoms with Crippen molar-refractivity contribution in [2.24, 2.45) is 5.92 Å². The summed E-state index contributed by atoms with van der Waals surface area (Å²) in [6.45, 7) is 4.19. The molecule has 0 aliphatic heterocycles. The van der Waals surface area contributed by atoms with Gasteiger partial charge in [-0.3, -0.25) is 0 Å². The molecule has 0 aliphatic carbocycles. The molecule has 0 aliphatic rings. The number of ether oxygens (including phenoxy) is 2. The van der Waals surface area contributed by atoms with Crippen LogP contribution in [-0.2, 0) is 14.3 Å². The van der Waals surface area contributed by atoms with Crippen LogP contribution in [-0.4, -0.2) is 26.3 Å². The zero-order valence-electron chi connectivity index (χ0n) is 12.5. The van der Waals surface area contributed by atoms with Crippen LogP contribution in [0.5, 0.6) is 0 Å². The summed E-state index contributed by atoms with van der Waals surface area (Å²) < 4.78 is 11.0. The molecular weight excluding hydrogens is 228 g/mol. The number of hydrogen-bond acceptors (Lipinski definition) is 3. The summed E-state index contributed by atoms with van der Waals surface area (Å²) in [4.78, 5) is 10.5. The largest absolute Gasteiger partial charge is 0.353 e. The molecule has 0 bridgehead atoms. The van der Waals surface area contributed by atoms with Crippen molar-refractivity contribution in [3.63, 3.8) is 0 Å². The van der Waals surface area contributed by atoms with E-state index < -0.39 is 5.79 Å². The molecule has 1 atom stereocenters. The second kappa shape index (κ2) is 10.5. The van der Waals surface area contributed by atoms with Crippen LogP contribution in [0.4, 0.5) is 0 Å². The Morgan fingerprint density at radius 1 is 1.06 bits per heavy atom. The predicted octanol–water partition coefficient (Wildman–Crippen LogP) is 3.95. The van der Waals surface area contributed by atoms with Gasteiger partial charge in [0.2, 0.25) is 0 Å². The summed E-state index contributed by atoms with van der Waals surface area (Å²) >= 11 is 0. The van der Waals surface area contributed by atoms with Crippen molar-refractivity contribution >= 4 is 6.29 Å². The van der Waals surface area contributed by atoms with Gasteiger partial charge < -0.3 is 14.3 Å². The van der Waals surface area contributed by atoms with Gasteiger partial charge in [0.05, 0.1) is 0 Å². The van der Waals surface area contributed by atoms with Crippen molar-refractivity contribution in [3.05, 3.63) is 0 Å². The molecule has 0 aromatic rings. The standard InChI is InChI=1S/C15H30O3/c1-5-6-7-8-9-11-14(12-10-13-16)15(2,17-3)18-4/h13-14H,5-12H2,1-4H3. The van der Waals surface area contributed by atoms with E-state index in [1.165, 1.54) is 32.1 Å². The molecule has 0 saturated carbocycles. The number of unbranched alkanes of at least 4 members (excludes halogenated alkanes) is 4. The maximum atomic E-state index is 10.5. The third-order valence-electron chi connectivity index (χ3n) is 3.84. The average Bonchev–Trinajstić information content (AvgIpc) is 2.41. The highest BCUT2D eigenvalue weighted by Crippen LogP contribution is 2.30. The van der Waals surface area contributed by atoms with Crippen molar-refractivity contribution in [2.45, 2.75) is 71.0 Å². The lowest BCUT2D eigenvalue weighted by Crippen LogP contribution is -2.39. The Kier molecular flexibility index (Phi) is 10.3. The minimum atomic E-state index is -0.562. The van der Waals surface area contributed by atoms with Crippen LogP contribution in [0.1, 0.15) is 65.2 Å². The minimum Gasteiger partial charge on any atom is -0.353 e. The second-order valence-corrected chi connectivity index (χ2v) is 5.07. The van der Waals surface area contributed by atoms with Gasteiger partial charge in [0.1, 0.15) is 6.29 Å². The first-order valence-corrected chi connectivity index (χ1v) is 7.18. The molecule has 108 valence electrons. The topological polar surface area (TPSA) is 35.5 Å². The molecule has 0 aromatic heterocycles. The molecule has 0 heterocycles. The highest BCUT2D eigenvalue weighted by atomic mass is 16.7. The highest BCUT2D eigenvalue weighted by molar-refractivity contribution is 5.49. The lowest BCUT2D eigenvalue weighted by Gasteiger charge is -2.35. The van der Waals surface area contributed by atoms with Crippen LogP contribution in [0, 0.1) is 5.92 Å². The molecule has 3 heteroatoms. The summed E-state index contributed by atoms with van der Waals surface area (Å²) in [6, 6.07) is 0. The summed E-state index contributed by atoms with van der Waals surface area (Å²) in [5.74, 6) is -0.271. The quantitative estimate of drug-likeness (QED) is 0.302. The lowest BCUT2D eigenvalue weighted by atomic mass is 9.89. The van der Waals surface area contributed by atoms with Crippen LogP contribution in [0.25, 0.3) is 0 Å². The van der Waals surface area contributed by atoms with Crippen LogP contribution >= 0.6 is 0 Å². The van der Waals surface area contributed by atoms with Gasteiger partial charge in [0, 0.05) is 26.6 Å². The molecule has 0 amide bonds. The van der Waals surface area contributed by atoms with Crippen molar-refractivity contribution in [1.29, 1.82) is 0 Å². The van der Waals surface area contributed by atoms with Gasteiger partial charge in [-0.05, 0) is 19.8 Å². The Labute approximate surface area is 112 Å². The van der Waals surface area contributed by atoms with E-state index in [2.05, 4.69) is 6.92 Å². The molecule has 3 nitrogen and oxygen atoms in total. The zero-order chi connectivity index (χ0) is 13.9. The summed E-state index contributed by atoms with van der Waals surface area (Å²) in [5.41, 5.74) is 0. The van der Waals surface area contributed by atoms with E-state index in [0.717, 1.165) is 19.1 Å². The third kappa shape index (κ3) is 6.50. The van der Waals surface area contributed by atoms with Gasteiger partial charge >= 0.3 is 0 Å². The summed E-state index contributed by atoms with van der Waals surface area (Å²) in [6.07, 6.45) is 9.80. The van der Waals surface area contributed by atoms with Crippen molar-refractivity contribution in [1.82, 2.24) is 0 Å². The fourth-order valence-corrected chi connectivity index (χ4v) is 2.35. The van der Waals surface area contributed by atoms with Gasteiger partial charge in [0.15, 0.2) is 5.79 Å². The van der Waals surface area contributed by atoms with E-state index in [-0.39, 0.29) is 0 Å². The Morgan fingerprint density at radius 3 is 2.17 bits per heavy atom. The van der Waals surface area contributed by atoms with Crippen LogP contribution < -0.4 is 0 Å². The van der Waals surface area contributed by atoms with Crippen molar-refractivity contribution < 1.29 is 14.3 Å². The monoisotopic (exact) mass is 258 g/mol. The van der Waals surface area contributed by atoms with Gasteiger partial charge in [-0.15, -0.1) is 0 Å². The second-order valence-electron chi connectivity index (χ2n) is 5.07. The smallest absolute Gasteiger partial charge is 0.167 e. The molecule has 0 radical (unpaired) electrons. The maximum Gasteiger partial charge on any atom is 0.167 e. The third-order valence-corrected chi connectivity index (χ3v) is 3.84. The first kappa shape index (κ1) is 17.6. The number of methoxy groups -OCH3 is 2. The van der Waals surface area contributed by atoms with Crippen LogP contribution in [0.15, 0.2) is 0 Å². The Hall–Kier alpha value is -0.410. The van der Waals surface area contributed by atoms with Gasteiger partial charge in [0.25, 0.3) is 0 Å². The number of hydrogen-bond donors (Lipinski definition) is 0. The van der Waals surface area contributed by atoms with E-state index in [4.69, 9.17) is 9.47 Å². The molecule has 0 N–H and O–H groups in total.